The summed E-state index contributed by atoms with van der Waals surface area (Å²) >= 11 is 1.58. The first kappa shape index (κ1) is 17.3. The van der Waals surface area contributed by atoms with Gasteiger partial charge in [-0.25, -0.2) is 0 Å². The first-order chi connectivity index (χ1) is 11.7. The maximum Gasteiger partial charge on any atom is 0.252 e. The van der Waals surface area contributed by atoms with Crippen LogP contribution in [-0.4, -0.2) is 55.4 Å². The fraction of sp³-hybridized carbons (Fsp3) is 0.529. The number of fused-ring (bicyclic) bond motifs is 1. The lowest BCUT2D eigenvalue weighted by Crippen LogP contribution is -2.46. The molecule has 1 unspecified atom stereocenters. The molecule has 2 aliphatic heterocycles. The number of methoxy groups -OCH3 is 1. The zero-order valence-corrected chi connectivity index (χ0v) is 14.7. The Hall–Kier alpha value is -1.57. The number of rotatable bonds is 5. The Labute approximate surface area is 146 Å². The molecule has 2 aliphatic rings. The summed E-state index contributed by atoms with van der Waals surface area (Å²) in [5.74, 6) is -0.154. The standard InChI is InChI=1S/C17H23N3O3S/c1-23-10-7-18-15(21)12-5-6-14-13(11-12)19-16(22)17(24-14)20-8-3-2-4-9-20/h5-6,11,17H,2-4,7-10H2,1H3,(H,18,21)(H,19,22). The number of carbonyl (C=O) groups is 2. The molecule has 0 saturated carbocycles. The highest BCUT2D eigenvalue weighted by atomic mass is 32.2. The molecule has 0 aliphatic carbocycles. The summed E-state index contributed by atoms with van der Waals surface area (Å²) < 4.78 is 4.92. The van der Waals surface area contributed by atoms with E-state index in [4.69, 9.17) is 4.74 Å². The van der Waals surface area contributed by atoms with Crippen LogP contribution in [-0.2, 0) is 9.53 Å². The SMILES string of the molecule is COCCNC(=O)c1ccc2c(c1)NC(=O)C(N1CCCCC1)S2. The fourth-order valence-electron chi connectivity index (χ4n) is 3.00. The molecule has 7 heteroatoms. The minimum absolute atomic E-state index is 0.00587. The van der Waals surface area contributed by atoms with Crippen molar-refractivity contribution in [2.24, 2.45) is 0 Å². The summed E-state index contributed by atoms with van der Waals surface area (Å²) in [5.41, 5.74) is 1.26. The first-order valence-corrected chi connectivity index (χ1v) is 9.20. The van der Waals surface area contributed by atoms with Gasteiger partial charge in [-0.2, -0.15) is 0 Å². The number of piperidine rings is 1. The summed E-state index contributed by atoms with van der Waals surface area (Å²) in [6.45, 7) is 2.88. The predicted molar refractivity (Wildman–Crippen MR) is 94.3 cm³/mol. The number of nitrogens with zero attached hydrogens (tertiary/aromatic N) is 1. The zero-order valence-electron chi connectivity index (χ0n) is 13.8. The Morgan fingerprint density at radius 2 is 2.17 bits per heavy atom. The van der Waals surface area contributed by atoms with Gasteiger partial charge in [0, 0.05) is 24.1 Å². The Morgan fingerprint density at radius 3 is 2.92 bits per heavy atom. The van der Waals surface area contributed by atoms with Crippen LogP contribution >= 0.6 is 11.8 Å². The smallest absolute Gasteiger partial charge is 0.252 e. The van der Waals surface area contributed by atoms with E-state index in [1.807, 2.05) is 6.07 Å². The molecule has 3 rings (SSSR count). The maximum atomic E-state index is 12.5. The number of ether oxygens (including phenoxy) is 1. The van der Waals surface area contributed by atoms with E-state index in [2.05, 4.69) is 15.5 Å². The first-order valence-electron chi connectivity index (χ1n) is 8.32. The van der Waals surface area contributed by atoms with Gasteiger partial charge in [0.25, 0.3) is 11.8 Å². The molecule has 1 aromatic carbocycles. The van der Waals surface area contributed by atoms with Gasteiger partial charge in [-0.1, -0.05) is 18.2 Å². The van der Waals surface area contributed by atoms with Crippen molar-refractivity contribution in [3.8, 4) is 0 Å². The third-order valence-corrected chi connectivity index (χ3v) is 5.62. The highest BCUT2D eigenvalue weighted by Gasteiger charge is 2.32. The van der Waals surface area contributed by atoms with Gasteiger partial charge in [0.05, 0.1) is 12.3 Å². The molecule has 0 radical (unpaired) electrons. The number of nitrogens with one attached hydrogen (secondary N) is 2. The van der Waals surface area contributed by atoms with Gasteiger partial charge >= 0.3 is 0 Å². The average Bonchev–Trinajstić information content (AvgIpc) is 2.61. The lowest BCUT2D eigenvalue weighted by Gasteiger charge is -2.35. The molecule has 1 saturated heterocycles. The van der Waals surface area contributed by atoms with E-state index in [1.165, 1.54) is 6.42 Å². The molecule has 6 nitrogen and oxygen atoms in total. The van der Waals surface area contributed by atoms with Gasteiger partial charge in [-0.3, -0.25) is 14.5 Å². The Balaban J connectivity index is 1.69. The van der Waals surface area contributed by atoms with E-state index in [1.54, 1.807) is 31.0 Å². The molecule has 1 fully saturated rings. The van der Waals surface area contributed by atoms with Crippen LogP contribution in [0, 0.1) is 0 Å². The van der Waals surface area contributed by atoms with Gasteiger partial charge in [-0.05, 0) is 44.1 Å². The van der Waals surface area contributed by atoms with E-state index in [9.17, 15) is 9.59 Å². The molecule has 2 amide bonds. The van der Waals surface area contributed by atoms with Crippen molar-refractivity contribution < 1.29 is 14.3 Å². The van der Waals surface area contributed by atoms with Gasteiger partial charge in [0.15, 0.2) is 0 Å². The largest absolute Gasteiger partial charge is 0.383 e. The summed E-state index contributed by atoms with van der Waals surface area (Å²) in [6, 6.07) is 5.47. The minimum atomic E-state index is -0.167. The van der Waals surface area contributed by atoms with E-state index < -0.39 is 0 Å². The number of benzene rings is 1. The maximum absolute atomic E-state index is 12.5. The number of thioether (sulfide) groups is 1. The highest BCUT2D eigenvalue weighted by molar-refractivity contribution is 8.00. The second-order valence-corrected chi connectivity index (χ2v) is 7.14. The van der Waals surface area contributed by atoms with Crippen LogP contribution < -0.4 is 10.6 Å². The topological polar surface area (TPSA) is 70.7 Å². The van der Waals surface area contributed by atoms with E-state index >= 15 is 0 Å². The summed E-state index contributed by atoms with van der Waals surface area (Å²) in [6.07, 6.45) is 3.54. The number of hydrogen-bond acceptors (Lipinski definition) is 5. The van der Waals surface area contributed by atoms with Crippen LogP contribution in [0.1, 0.15) is 29.6 Å². The molecule has 2 heterocycles. The van der Waals surface area contributed by atoms with Crippen molar-refractivity contribution in [1.82, 2.24) is 10.2 Å². The molecule has 0 bridgehead atoms. The van der Waals surface area contributed by atoms with Gasteiger partial charge < -0.3 is 15.4 Å². The molecule has 1 atom stereocenters. The molecule has 24 heavy (non-hydrogen) atoms. The van der Waals surface area contributed by atoms with Crippen LogP contribution in [0.5, 0.6) is 0 Å². The van der Waals surface area contributed by atoms with Crippen molar-refractivity contribution in [2.75, 3.05) is 38.7 Å². The van der Waals surface area contributed by atoms with Crippen LogP contribution in [0.25, 0.3) is 0 Å². The van der Waals surface area contributed by atoms with Crippen molar-refractivity contribution >= 4 is 29.3 Å². The van der Waals surface area contributed by atoms with Crippen molar-refractivity contribution in [1.29, 1.82) is 0 Å². The number of likely N-dealkylation sites (tertiary alicyclic amines) is 1. The number of anilines is 1. The van der Waals surface area contributed by atoms with Crippen molar-refractivity contribution in [3.63, 3.8) is 0 Å². The number of amides is 2. The normalized spacial score (nSPS) is 21.0. The van der Waals surface area contributed by atoms with E-state index in [-0.39, 0.29) is 17.2 Å². The third kappa shape index (κ3) is 3.91. The van der Waals surface area contributed by atoms with Crippen LogP contribution in [0.2, 0.25) is 0 Å². The zero-order chi connectivity index (χ0) is 16.9. The fourth-order valence-corrected chi connectivity index (χ4v) is 4.15. The molecular formula is C17H23N3O3S. The van der Waals surface area contributed by atoms with Crippen LogP contribution in [0.4, 0.5) is 5.69 Å². The summed E-state index contributed by atoms with van der Waals surface area (Å²) in [5, 5.41) is 5.58. The lowest BCUT2D eigenvalue weighted by molar-refractivity contribution is -0.118. The molecular weight excluding hydrogens is 326 g/mol. The quantitative estimate of drug-likeness (QED) is 0.795. The molecule has 2 N–H and O–H groups in total. The lowest BCUT2D eigenvalue weighted by atomic mass is 10.1. The van der Waals surface area contributed by atoms with Gasteiger partial charge in [0.1, 0.15) is 5.37 Å². The second kappa shape index (κ2) is 8.00. The highest BCUT2D eigenvalue weighted by Crippen LogP contribution is 2.38. The Bertz CT molecular complexity index is 617. The number of hydrogen-bond donors (Lipinski definition) is 2. The molecule has 1 aromatic rings. The van der Waals surface area contributed by atoms with Crippen molar-refractivity contribution in [2.45, 2.75) is 29.5 Å². The number of carbonyl (C=O) groups excluding carboxylic acids is 2. The van der Waals surface area contributed by atoms with Gasteiger partial charge in [0.2, 0.25) is 0 Å². The van der Waals surface area contributed by atoms with Crippen LogP contribution in [0.15, 0.2) is 23.1 Å². The third-order valence-electron chi connectivity index (χ3n) is 4.28. The Morgan fingerprint density at radius 1 is 1.38 bits per heavy atom. The van der Waals surface area contributed by atoms with Crippen molar-refractivity contribution in [3.05, 3.63) is 23.8 Å². The van der Waals surface area contributed by atoms with E-state index in [0.29, 0.717) is 18.7 Å². The predicted octanol–water partition coefficient (Wildman–Crippen LogP) is 1.92. The summed E-state index contributed by atoms with van der Waals surface area (Å²) in [7, 11) is 1.59. The minimum Gasteiger partial charge on any atom is -0.383 e. The molecule has 130 valence electrons. The average molecular weight is 349 g/mol. The molecule has 0 spiro atoms. The monoisotopic (exact) mass is 349 g/mol. The molecule has 0 aromatic heterocycles. The summed E-state index contributed by atoms with van der Waals surface area (Å²) in [4.78, 5) is 27.8. The van der Waals surface area contributed by atoms with E-state index in [0.717, 1.165) is 36.5 Å². The van der Waals surface area contributed by atoms with Gasteiger partial charge in [-0.15, -0.1) is 0 Å². The van der Waals surface area contributed by atoms with Crippen LogP contribution in [0.3, 0.4) is 0 Å². The Kier molecular flexibility index (Phi) is 5.76. The second-order valence-electron chi connectivity index (χ2n) is 6.02.